The molecule has 1 aliphatic carbocycles. The molecule has 3 unspecified atom stereocenters. The first-order chi connectivity index (χ1) is 7.91. The van der Waals surface area contributed by atoms with E-state index in [4.69, 9.17) is 14.9 Å². The molecule has 17 heavy (non-hydrogen) atoms. The summed E-state index contributed by atoms with van der Waals surface area (Å²) in [5, 5.41) is 18.0. The lowest BCUT2D eigenvalue weighted by atomic mass is 9.78. The molecule has 0 aliphatic heterocycles. The van der Waals surface area contributed by atoms with E-state index in [1.165, 1.54) is 0 Å². The summed E-state index contributed by atoms with van der Waals surface area (Å²) in [4.78, 5) is 22.0. The lowest BCUT2D eigenvalue weighted by Crippen LogP contribution is -2.38. The fourth-order valence-corrected chi connectivity index (χ4v) is 2.18. The minimum Gasteiger partial charge on any atom is -0.481 e. The van der Waals surface area contributed by atoms with Crippen molar-refractivity contribution in [2.75, 3.05) is 6.61 Å². The van der Waals surface area contributed by atoms with Crippen LogP contribution in [-0.4, -0.2) is 34.9 Å². The highest BCUT2D eigenvalue weighted by molar-refractivity contribution is 5.80. The first-order valence-electron chi connectivity index (χ1n) is 5.99. The number of hydrogen-bond donors (Lipinski definition) is 2. The standard InChI is InChI=1S/C12H20O5/c1-7(2)6-17-8-3-4-9(11(13)14)10(5-8)12(15)16/h7-10H,3-6H2,1-2H3,(H,13,14)(H,15,16). The fourth-order valence-electron chi connectivity index (χ4n) is 2.18. The van der Waals surface area contributed by atoms with Gasteiger partial charge in [-0.15, -0.1) is 0 Å². The molecule has 5 nitrogen and oxygen atoms in total. The normalized spacial score (nSPS) is 29.2. The maximum atomic E-state index is 11.0. The highest BCUT2D eigenvalue weighted by Gasteiger charge is 2.39. The molecular weight excluding hydrogens is 224 g/mol. The fraction of sp³-hybridized carbons (Fsp3) is 0.833. The molecule has 2 N–H and O–H groups in total. The number of ether oxygens (including phenoxy) is 1. The third-order valence-corrected chi connectivity index (χ3v) is 3.10. The quantitative estimate of drug-likeness (QED) is 0.767. The minimum atomic E-state index is -1.03. The Hall–Kier alpha value is -1.10. The predicted octanol–water partition coefficient (Wildman–Crippen LogP) is 1.61. The van der Waals surface area contributed by atoms with Crippen molar-refractivity contribution in [1.82, 2.24) is 0 Å². The van der Waals surface area contributed by atoms with Crippen LogP contribution in [0.2, 0.25) is 0 Å². The van der Waals surface area contributed by atoms with Crippen molar-refractivity contribution < 1.29 is 24.5 Å². The minimum absolute atomic E-state index is 0.117. The van der Waals surface area contributed by atoms with Crippen LogP contribution in [0.5, 0.6) is 0 Å². The van der Waals surface area contributed by atoms with Crippen molar-refractivity contribution in [2.45, 2.75) is 39.2 Å². The zero-order valence-corrected chi connectivity index (χ0v) is 10.3. The van der Waals surface area contributed by atoms with Gasteiger partial charge >= 0.3 is 11.9 Å². The summed E-state index contributed by atoms with van der Waals surface area (Å²) in [6.45, 7) is 4.64. The van der Waals surface area contributed by atoms with Crippen molar-refractivity contribution in [3.8, 4) is 0 Å². The Morgan fingerprint density at radius 3 is 2.24 bits per heavy atom. The zero-order chi connectivity index (χ0) is 13.0. The average molecular weight is 244 g/mol. The van der Waals surface area contributed by atoms with E-state index in [0.29, 0.717) is 31.8 Å². The molecule has 0 aromatic rings. The summed E-state index contributed by atoms with van der Waals surface area (Å²) in [6.07, 6.45) is 1.20. The Morgan fingerprint density at radius 2 is 1.76 bits per heavy atom. The molecule has 0 spiro atoms. The molecule has 1 aliphatic rings. The summed E-state index contributed by atoms with van der Waals surface area (Å²) in [7, 11) is 0. The lowest BCUT2D eigenvalue weighted by molar-refractivity contribution is -0.159. The van der Waals surface area contributed by atoms with E-state index in [2.05, 4.69) is 0 Å². The summed E-state index contributed by atoms with van der Waals surface area (Å²) in [5.41, 5.74) is 0. The second-order valence-corrected chi connectivity index (χ2v) is 5.05. The van der Waals surface area contributed by atoms with Crippen molar-refractivity contribution >= 4 is 11.9 Å². The molecule has 0 bridgehead atoms. The van der Waals surface area contributed by atoms with Crippen molar-refractivity contribution in [3.05, 3.63) is 0 Å². The van der Waals surface area contributed by atoms with Crippen molar-refractivity contribution in [1.29, 1.82) is 0 Å². The molecule has 98 valence electrons. The van der Waals surface area contributed by atoms with E-state index in [0.717, 1.165) is 0 Å². The van der Waals surface area contributed by atoms with Crippen LogP contribution in [0, 0.1) is 17.8 Å². The third kappa shape index (κ3) is 4.00. The number of hydrogen-bond acceptors (Lipinski definition) is 3. The van der Waals surface area contributed by atoms with Crippen LogP contribution in [0.1, 0.15) is 33.1 Å². The Kier molecular flexibility index (Phi) is 4.93. The smallest absolute Gasteiger partial charge is 0.307 e. The summed E-state index contributed by atoms with van der Waals surface area (Å²) >= 11 is 0. The van der Waals surface area contributed by atoms with Crippen LogP contribution >= 0.6 is 0 Å². The van der Waals surface area contributed by atoms with Gasteiger partial charge in [-0.1, -0.05) is 13.8 Å². The Morgan fingerprint density at radius 1 is 1.18 bits per heavy atom. The van der Waals surface area contributed by atoms with Gasteiger partial charge in [0.15, 0.2) is 0 Å². The predicted molar refractivity (Wildman–Crippen MR) is 60.7 cm³/mol. The van der Waals surface area contributed by atoms with Gasteiger partial charge in [0.2, 0.25) is 0 Å². The second-order valence-electron chi connectivity index (χ2n) is 5.05. The molecule has 1 fully saturated rings. The molecule has 1 rings (SSSR count). The maximum absolute atomic E-state index is 11.0. The van der Waals surface area contributed by atoms with Crippen LogP contribution in [-0.2, 0) is 14.3 Å². The molecule has 0 amide bonds. The molecule has 0 radical (unpaired) electrons. The van der Waals surface area contributed by atoms with Gasteiger partial charge < -0.3 is 14.9 Å². The number of carboxylic acid groups (broad SMARTS) is 2. The average Bonchev–Trinajstić information content (AvgIpc) is 2.25. The molecular formula is C12H20O5. The largest absolute Gasteiger partial charge is 0.481 e. The van der Waals surface area contributed by atoms with E-state index in [9.17, 15) is 9.59 Å². The maximum Gasteiger partial charge on any atom is 0.307 e. The lowest BCUT2D eigenvalue weighted by Gasteiger charge is -2.31. The van der Waals surface area contributed by atoms with E-state index in [1.807, 2.05) is 13.8 Å². The van der Waals surface area contributed by atoms with Crippen LogP contribution in [0.3, 0.4) is 0 Å². The second kappa shape index (κ2) is 6.00. The van der Waals surface area contributed by atoms with Gasteiger partial charge in [0.05, 0.1) is 17.9 Å². The van der Waals surface area contributed by atoms with Gasteiger partial charge in [-0.2, -0.15) is 0 Å². The summed E-state index contributed by atoms with van der Waals surface area (Å²) in [5.74, 6) is -3.24. The van der Waals surface area contributed by atoms with Crippen LogP contribution in [0.4, 0.5) is 0 Å². The van der Waals surface area contributed by atoms with Gasteiger partial charge in [-0.05, 0) is 25.2 Å². The molecule has 0 aromatic carbocycles. The monoisotopic (exact) mass is 244 g/mol. The summed E-state index contributed by atoms with van der Waals surface area (Å²) in [6, 6.07) is 0. The number of carbonyl (C=O) groups is 2. The molecule has 5 heteroatoms. The van der Waals surface area contributed by atoms with Gasteiger partial charge in [-0.3, -0.25) is 9.59 Å². The third-order valence-electron chi connectivity index (χ3n) is 3.10. The topological polar surface area (TPSA) is 83.8 Å². The first kappa shape index (κ1) is 14.0. The first-order valence-corrected chi connectivity index (χ1v) is 5.99. The van der Waals surface area contributed by atoms with E-state index in [1.54, 1.807) is 0 Å². The van der Waals surface area contributed by atoms with Crippen molar-refractivity contribution in [3.63, 3.8) is 0 Å². The number of rotatable bonds is 5. The van der Waals surface area contributed by atoms with E-state index >= 15 is 0 Å². The van der Waals surface area contributed by atoms with E-state index in [-0.39, 0.29) is 6.10 Å². The SMILES string of the molecule is CC(C)COC1CCC(C(=O)O)C(C(=O)O)C1. The van der Waals surface area contributed by atoms with Gasteiger partial charge in [0.25, 0.3) is 0 Å². The molecule has 3 atom stereocenters. The van der Waals surface area contributed by atoms with E-state index < -0.39 is 23.8 Å². The van der Waals surface area contributed by atoms with Crippen molar-refractivity contribution in [2.24, 2.45) is 17.8 Å². The van der Waals surface area contributed by atoms with Gasteiger partial charge in [0, 0.05) is 6.61 Å². The molecule has 1 saturated carbocycles. The van der Waals surface area contributed by atoms with Crippen LogP contribution in [0.15, 0.2) is 0 Å². The number of aliphatic carboxylic acids is 2. The zero-order valence-electron chi connectivity index (χ0n) is 10.3. The number of carboxylic acids is 2. The van der Waals surface area contributed by atoms with Gasteiger partial charge in [0.1, 0.15) is 0 Å². The van der Waals surface area contributed by atoms with Crippen LogP contribution < -0.4 is 0 Å². The molecule has 0 heterocycles. The van der Waals surface area contributed by atoms with Gasteiger partial charge in [-0.25, -0.2) is 0 Å². The molecule has 0 saturated heterocycles. The Labute approximate surface area is 101 Å². The highest BCUT2D eigenvalue weighted by atomic mass is 16.5. The Bertz CT molecular complexity index is 287. The summed E-state index contributed by atoms with van der Waals surface area (Å²) < 4.78 is 5.60. The van der Waals surface area contributed by atoms with Crippen LogP contribution in [0.25, 0.3) is 0 Å². The molecule has 0 aromatic heterocycles. The Balaban J connectivity index is 2.56. The highest BCUT2D eigenvalue weighted by Crippen LogP contribution is 2.32.